The van der Waals surface area contributed by atoms with Gasteiger partial charge in [-0.1, -0.05) is 30.3 Å². The summed E-state index contributed by atoms with van der Waals surface area (Å²) in [5.41, 5.74) is 1.60. The third kappa shape index (κ3) is 4.89. The Kier molecular flexibility index (Phi) is 8.16. The van der Waals surface area contributed by atoms with Crippen molar-refractivity contribution in [3.05, 3.63) is 35.9 Å². The van der Waals surface area contributed by atoms with Gasteiger partial charge >= 0.3 is 0 Å². The Morgan fingerprint density at radius 3 is 2.58 bits per heavy atom. The van der Waals surface area contributed by atoms with Gasteiger partial charge in [-0.2, -0.15) is 0 Å². The zero-order chi connectivity index (χ0) is 17.7. The van der Waals surface area contributed by atoms with E-state index in [9.17, 15) is 0 Å². The molecule has 2 heterocycles. The molecule has 2 aliphatic heterocycles. The first-order valence-electron chi connectivity index (χ1n) is 9.40. The van der Waals surface area contributed by atoms with E-state index in [1.165, 1.54) is 12.0 Å². The largest absolute Gasteiger partial charge is 0.381 e. The summed E-state index contributed by atoms with van der Waals surface area (Å²) in [5, 5.41) is 3.65. The van der Waals surface area contributed by atoms with Gasteiger partial charge in [0.05, 0.1) is 0 Å². The standard InChI is InChI=1S/C20H32N4O.HI/c1-21-19(22-16-20(23(2)3)10-13-25-14-11-20)24-12-9-18(15-24)17-7-5-4-6-8-17;/h4-8,18H,9-16H2,1-3H3,(H,21,22);1H. The number of nitrogens with one attached hydrogen (secondary N) is 1. The van der Waals surface area contributed by atoms with E-state index in [4.69, 9.17) is 4.74 Å². The number of hydrogen-bond acceptors (Lipinski definition) is 3. The van der Waals surface area contributed by atoms with Gasteiger partial charge in [0.15, 0.2) is 5.96 Å². The van der Waals surface area contributed by atoms with Crippen molar-refractivity contribution in [3.63, 3.8) is 0 Å². The van der Waals surface area contributed by atoms with Crippen LogP contribution in [-0.4, -0.2) is 75.3 Å². The molecule has 0 radical (unpaired) electrons. The summed E-state index contributed by atoms with van der Waals surface area (Å²) in [5.74, 6) is 1.64. The molecule has 2 aliphatic rings. The van der Waals surface area contributed by atoms with Crippen LogP contribution >= 0.6 is 24.0 Å². The van der Waals surface area contributed by atoms with Gasteiger partial charge < -0.3 is 19.9 Å². The lowest BCUT2D eigenvalue weighted by atomic mass is 9.88. The highest BCUT2D eigenvalue weighted by Crippen LogP contribution is 2.28. The van der Waals surface area contributed by atoms with Gasteiger partial charge in [0, 0.05) is 51.4 Å². The van der Waals surface area contributed by atoms with Gasteiger partial charge in [-0.15, -0.1) is 24.0 Å². The molecule has 1 aromatic rings. The number of hydrogen-bond donors (Lipinski definition) is 1. The van der Waals surface area contributed by atoms with Crippen molar-refractivity contribution in [2.24, 2.45) is 4.99 Å². The van der Waals surface area contributed by atoms with Crippen LogP contribution in [-0.2, 0) is 4.74 Å². The van der Waals surface area contributed by atoms with Crippen LogP contribution in [0.1, 0.15) is 30.7 Å². The van der Waals surface area contributed by atoms with E-state index < -0.39 is 0 Å². The Hall–Kier alpha value is -0.860. The highest BCUT2D eigenvalue weighted by Gasteiger charge is 2.35. The maximum Gasteiger partial charge on any atom is 0.193 e. The zero-order valence-electron chi connectivity index (χ0n) is 16.3. The molecule has 1 aromatic carbocycles. The minimum atomic E-state index is 0. The predicted octanol–water partition coefficient (Wildman–Crippen LogP) is 2.78. The van der Waals surface area contributed by atoms with Gasteiger partial charge in [-0.25, -0.2) is 0 Å². The Bertz CT molecular complexity index is 572. The average Bonchev–Trinajstić information content (AvgIpc) is 3.14. The number of nitrogens with zero attached hydrogens (tertiary/aromatic N) is 3. The third-order valence-electron chi connectivity index (χ3n) is 5.92. The lowest BCUT2D eigenvalue weighted by molar-refractivity contribution is -0.00521. The first kappa shape index (κ1) is 21.4. The van der Waals surface area contributed by atoms with Crippen molar-refractivity contribution >= 4 is 29.9 Å². The van der Waals surface area contributed by atoms with Gasteiger partial charge in [0.25, 0.3) is 0 Å². The lowest BCUT2D eigenvalue weighted by Gasteiger charge is -2.43. The van der Waals surface area contributed by atoms with Crippen LogP contribution in [0.2, 0.25) is 0 Å². The van der Waals surface area contributed by atoms with Crippen molar-refractivity contribution in [1.82, 2.24) is 15.1 Å². The number of likely N-dealkylation sites (tertiary alicyclic amines) is 1. The van der Waals surface area contributed by atoms with E-state index >= 15 is 0 Å². The molecule has 3 rings (SSSR count). The van der Waals surface area contributed by atoms with E-state index in [0.29, 0.717) is 5.92 Å². The number of benzene rings is 1. The van der Waals surface area contributed by atoms with Crippen LogP contribution in [0, 0.1) is 0 Å². The van der Waals surface area contributed by atoms with Crippen LogP contribution in [0.4, 0.5) is 0 Å². The SMILES string of the molecule is CN=C(NCC1(N(C)C)CCOCC1)N1CCC(c2ccccc2)C1.I. The molecular weight excluding hydrogens is 439 g/mol. The highest BCUT2D eigenvalue weighted by molar-refractivity contribution is 14.0. The zero-order valence-corrected chi connectivity index (χ0v) is 18.6. The lowest BCUT2D eigenvalue weighted by Crippen LogP contribution is -2.57. The van der Waals surface area contributed by atoms with Crippen molar-refractivity contribution in [2.75, 3.05) is 54.0 Å². The minimum absolute atomic E-state index is 0. The second-order valence-electron chi connectivity index (χ2n) is 7.47. The van der Waals surface area contributed by atoms with E-state index in [0.717, 1.165) is 51.6 Å². The van der Waals surface area contributed by atoms with Crippen LogP contribution in [0.5, 0.6) is 0 Å². The molecule has 0 aliphatic carbocycles. The van der Waals surface area contributed by atoms with Gasteiger partial charge in [0.1, 0.15) is 0 Å². The van der Waals surface area contributed by atoms with Crippen molar-refractivity contribution in [3.8, 4) is 0 Å². The molecule has 146 valence electrons. The second-order valence-corrected chi connectivity index (χ2v) is 7.47. The van der Waals surface area contributed by atoms with Crippen molar-refractivity contribution < 1.29 is 4.74 Å². The fourth-order valence-electron chi connectivity index (χ4n) is 4.06. The predicted molar refractivity (Wildman–Crippen MR) is 119 cm³/mol. The number of guanidine groups is 1. The summed E-state index contributed by atoms with van der Waals surface area (Å²) in [6.07, 6.45) is 3.32. The number of rotatable bonds is 4. The first-order chi connectivity index (χ1) is 12.1. The van der Waals surface area contributed by atoms with Crippen LogP contribution in [0.3, 0.4) is 0 Å². The molecule has 0 aromatic heterocycles. The summed E-state index contributed by atoms with van der Waals surface area (Å²) in [7, 11) is 6.25. The number of halogens is 1. The fourth-order valence-corrected chi connectivity index (χ4v) is 4.06. The smallest absolute Gasteiger partial charge is 0.193 e. The van der Waals surface area contributed by atoms with Crippen molar-refractivity contribution in [1.29, 1.82) is 0 Å². The van der Waals surface area contributed by atoms with E-state index in [1.807, 2.05) is 7.05 Å². The molecule has 0 bridgehead atoms. The number of ether oxygens (including phenoxy) is 1. The molecule has 0 amide bonds. The van der Waals surface area contributed by atoms with Crippen molar-refractivity contribution in [2.45, 2.75) is 30.7 Å². The molecule has 26 heavy (non-hydrogen) atoms. The van der Waals surface area contributed by atoms with E-state index in [1.54, 1.807) is 0 Å². The molecular formula is C20H33IN4O. The van der Waals surface area contributed by atoms with E-state index in [2.05, 4.69) is 64.5 Å². The van der Waals surface area contributed by atoms with Crippen LogP contribution < -0.4 is 5.32 Å². The molecule has 1 unspecified atom stereocenters. The molecule has 1 atom stereocenters. The highest BCUT2D eigenvalue weighted by atomic mass is 127. The summed E-state index contributed by atoms with van der Waals surface area (Å²) in [6.45, 7) is 4.72. The maximum atomic E-state index is 5.58. The monoisotopic (exact) mass is 472 g/mol. The Labute approximate surface area is 175 Å². The topological polar surface area (TPSA) is 40.1 Å². The van der Waals surface area contributed by atoms with Gasteiger partial charge in [-0.3, -0.25) is 4.99 Å². The normalized spacial score (nSPS) is 23.0. The Balaban J connectivity index is 0.00000243. The quantitative estimate of drug-likeness (QED) is 0.416. The van der Waals surface area contributed by atoms with Crippen LogP contribution in [0.25, 0.3) is 0 Å². The molecule has 0 saturated carbocycles. The van der Waals surface area contributed by atoms with Gasteiger partial charge in [-0.05, 0) is 38.9 Å². The molecule has 5 nitrogen and oxygen atoms in total. The Morgan fingerprint density at radius 2 is 1.96 bits per heavy atom. The maximum absolute atomic E-state index is 5.58. The first-order valence-corrected chi connectivity index (χ1v) is 9.40. The van der Waals surface area contributed by atoms with Gasteiger partial charge in [0.2, 0.25) is 0 Å². The molecule has 1 N–H and O–H groups in total. The fraction of sp³-hybridized carbons (Fsp3) is 0.650. The number of aliphatic imine (C=N–C) groups is 1. The molecule has 0 spiro atoms. The molecule has 6 heteroatoms. The summed E-state index contributed by atoms with van der Waals surface area (Å²) in [6, 6.07) is 10.8. The summed E-state index contributed by atoms with van der Waals surface area (Å²) >= 11 is 0. The number of likely N-dealkylation sites (N-methyl/N-ethyl adjacent to an activating group) is 1. The summed E-state index contributed by atoms with van der Waals surface area (Å²) in [4.78, 5) is 9.31. The molecule has 2 fully saturated rings. The van der Waals surface area contributed by atoms with E-state index in [-0.39, 0.29) is 29.5 Å². The Morgan fingerprint density at radius 1 is 1.27 bits per heavy atom. The molecule has 2 saturated heterocycles. The average molecular weight is 472 g/mol. The van der Waals surface area contributed by atoms with Crippen LogP contribution in [0.15, 0.2) is 35.3 Å². The third-order valence-corrected chi connectivity index (χ3v) is 5.92. The second kappa shape index (κ2) is 9.90. The minimum Gasteiger partial charge on any atom is -0.381 e. The summed E-state index contributed by atoms with van der Waals surface area (Å²) < 4.78 is 5.58.